The van der Waals surface area contributed by atoms with Crippen molar-refractivity contribution in [2.75, 3.05) is 14.1 Å². The maximum absolute atomic E-state index is 10.7. The van der Waals surface area contributed by atoms with E-state index in [0.29, 0.717) is 5.84 Å². The van der Waals surface area contributed by atoms with E-state index in [1.165, 1.54) is 0 Å². The Hall–Kier alpha value is -2.57. The van der Waals surface area contributed by atoms with E-state index in [0.717, 1.165) is 16.7 Å². The lowest BCUT2D eigenvalue weighted by Crippen LogP contribution is -2.31. The van der Waals surface area contributed by atoms with E-state index in [1.807, 2.05) is 32.3 Å². The van der Waals surface area contributed by atoms with Crippen LogP contribution in [0.25, 0.3) is 11.0 Å². The summed E-state index contributed by atoms with van der Waals surface area (Å²) in [7, 11) is 3.64. The van der Waals surface area contributed by atoms with Crippen LogP contribution in [-0.2, 0) is 0 Å². The SMILES string of the molecule is CN(C)C(=NNC(N)=O)c1cc2cccnc2[nH]1. The van der Waals surface area contributed by atoms with Gasteiger partial charge in [0.2, 0.25) is 0 Å². The number of carbonyl (C=O) groups is 1. The van der Waals surface area contributed by atoms with Gasteiger partial charge in [-0.3, -0.25) is 0 Å². The van der Waals surface area contributed by atoms with E-state index in [1.54, 1.807) is 11.1 Å². The summed E-state index contributed by atoms with van der Waals surface area (Å²) in [6.07, 6.45) is 1.71. The van der Waals surface area contributed by atoms with Crippen LogP contribution in [0.3, 0.4) is 0 Å². The number of rotatable bonds is 2. The Balaban J connectivity index is 2.41. The third kappa shape index (κ3) is 2.40. The molecule has 2 aromatic rings. The predicted molar refractivity (Wildman–Crippen MR) is 69.0 cm³/mol. The second-order valence-corrected chi connectivity index (χ2v) is 3.93. The van der Waals surface area contributed by atoms with Gasteiger partial charge in [-0.05, 0) is 18.2 Å². The van der Waals surface area contributed by atoms with Gasteiger partial charge in [-0.2, -0.15) is 5.10 Å². The highest BCUT2D eigenvalue weighted by Crippen LogP contribution is 2.13. The van der Waals surface area contributed by atoms with E-state index < -0.39 is 6.03 Å². The molecule has 0 aliphatic carbocycles. The number of amidine groups is 1. The minimum absolute atomic E-state index is 0.562. The molecule has 0 atom stereocenters. The third-order valence-electron chi connectivity index (χ3n) is 2.33. The van der Waals surface area contributed by atoms with Gasteiger partial charge in [0.25, 0.3) is 0 Å². The number of hydrogen-bond acceptors (Lipinski definition) is 3. The zero-order chi connectivity index (χ0) is 13.1. The molecule has 0 spiro atoms. The molecule has 0 saturated carbocycles. The number of carbonyl (C=O) groups excluding carboxylic acids is 1. The average molecular weight is 246 g/mol. The maximum atomic E-state index is 10.7. The molecule has 4 N–H and O–H groups in total. The Bertz CT molecular complexity index is 567. The Kier molecular flexibility index (Phi) is 3.13. The number of H-pyrrole nitrogens is 1. The molecule has 0 unspecified atom stereocenters. The number of aromatic amines is 1. The number of hydrazone groups is 1. The Morgan fingerprint density at radius 1 is 1.56 bits per heavy atom. The van der Waals surface area contributed by atoms with Gasteiger partial charge in [0.05, 0.1) is 5.69 Å². The number of aromatic nitrogens is 2. The van der Waals surface area contributed by atoms with Crippen LogP contribution in [0.2, 0.25) is 0 Å². The quantitative estimate of drug-likeness (QED) is 0.407. The Labute approximate surface area is 104 Å². The number of hydrogen-bond donors (Lipinski definition) is 3. The largest absolute Gasteiger partial charge is 0.360 e. The molecular formula is C11H14N6O. The highest BCUT2D eigenvalue weighted by atomic mass is 16.2. The summed E-state index contributed by atoms with van der Waals surface area (Å²) in [6.45, 7) is 0. The monoisotopic (exact) mass is 246 g/mol. The van der Waals surface area contributed by atoms with E-state index in [9.17, 15) is 4.79 Å². The summed E-state index contributed by atoms with van der Waals surface area (Å²) >= 11 is 0. The van der Waals surface area contributed by atoms with Crippen molar-refractivity contribution in [1.82, 2.24) is 20.3 Å². The summed E-state index contributed by atoms with van der Waals surface area (Å²) in [4.78, 5) is 19.8. The summed E-state index contributed by atoms with van der Waals surface area (Å²) in [5.74, 6) is 0.562. The van der Waals surface area contributed by atoms with Crippen molar-refractivity contribution in [1.29, 1.82) is 0 Å². The summed E-state index contributed by atoms with van der Waals surface area (Å²) in [5, 5.41) is 4.92. The average Bonchev–Trinajstić information content (AvgIpc) is 2.71. The second kappa shape index (κ2) is 4.74. The first kappa shape index (κ1) is 11.9. The molecule has 2 rings (SSSR count). The van der Waals surface area contributed by atoms with Crippen molar-refractivity contribution in [2.24, 2.45) is 10.8 Å². The lowest BCUT2D eigenvalue weighted by molar-refractivity contribution is 0.249. The molecule has 2 heterocycles. The van der Waals surface area contributed by atoms with Gasteiger partial charge < -0.3 is 15.6 Å². The molecule has 18 heavy (non-hydrogen) atoms. The molecular weight excluding hydrogens is 232 g/mol. The Morgan fingerprint density at radius 2 is 2.33 bits per heavy atom. The number of urea groups is 1. The van der Waals surface area contributed by atoms with Gasteiger partial charge in [-0.15, -0.1) is 0 Å². The minimum Gasteiger partial charge on any atom is -0.360 e. The van der Waals surface area contributed by atoms with Crippen molar-refractivity contribution in [3.05, 3.63) is 30.1 Å². The van der Waals surface area contributed by atoms with Crippen LogP contribution in [0.4, 0.5) is 4.79 Å². The van der Waals surface area contributed by atoms with Gasteiger partial charge >= 0.3 is 6.03 Å². The Morgan fingerprint density at radius 3 is 2.94 bits per heavy atom. The van der Waals surface area contributed by atoms with E-state index in [4.69, 9.17) is 5.73 Å². The molecule has 7 heteroatoms. The van der Waals surface area contributed by atoms with Gasteiger partial charge in [0.1, 0.15) is 5.65 Å². The second-order valence-electron chi connectivity index (χ2n) is 3.93. The van der Waals surface area contributed by atoms with Crippen LogP contribution in [0.15, 0.2) is 29.5 Å². The number of nitrogens with one attached hydrogen (secondary N) is 2. The lowest BCUT2D eigenvalue weighted by atomic mass is 10.3. The number of amides is 2. The van der Waals surface area contributed by atoms with Crippen molar-refractivity contribution in [3.63, 3.8) is 0 Å². The molecule has 0 aliphatic rings. The highest BCUT2D eigenvalue weighted by Gasteiger charge is 2.10. The number of fused-ring (bicyclic) bond motifs is 1. The molecule has 0 saturated heterocycles. The molecule has 7 nitrogen and oxygen atoms in total. The minimum atomic E-state index is -0.705. The smallest absolute Gasteiger partial charge is 0.332 e. The predicted octanol–water partition coefficient (Wildman–Crippen LogP) is 0.454. The highest BCUT2D eigenvalue weighted by molar-refractivity contribution is 6.01. The third-order valence-corrected chi connectivity index (χ3v) is 2.33. The molecule has 2 amide bonds. The molecule has 0 radical (unpaired) electrons. The van der Waals surface area contributed by atoms with Crippen LogP contribution >= 0.6 is 0 Å². The molecule has 2 aromatic heterocycles. The molecule has 0 bridgehead atoms. The normalized spacial score (nSPS) is 11.6. The van der Waals surface area contributed by atoms with Gasteiger partial charge in [-0.1, -0.05) is 0 Å². The number of pyridine rings is 1. The van der Waals surface area contributed by atoms with Crippen molar-refractivity contribution in [2.45, 2.75) is 0 Å². The fourth-order valence-electron chi connectivity index (χ4n) is 1.59. The van der Waals surface area contributed by atoms with Gasteiger partial charge in [-0.25, -0.2) is 15.2 Å². The zero-order valence-corrected chi connectivity index (χ0v) is 10.1. The van der Waals surface area contributed by atoms with Crippen LogP contribution in [0.1, 0.15) is 5.69 Å². The standard InChI is InChI=1S/C11H14N6O/c1-17(2)10(15-16-11(12)18)8-6-7-4-3-5-13-9(7)14-8/h3-6H,1-2H3,(H,13,14)(H3,12,16,18). The summed E-state index contributed by atoms with van der Waals surface area (Å²) < 4.78 is 0. The van der Waals surface area contributed by atoms with Crippen LogP contribution in [0.5, 0.6) is 0 Å². The first-order valence-electron chi connectivity index (χ1n) is 5.32. The van der Waals surface area contributed by atoms with E-state index >= 15 is 0 Å². The van der Waals surface area contributed by atoms with Crippen molar-refractivity contribution in [3.8, 4) is 0 Å². The summed E-state index contributed by atoms with van der Waals surface area (Å²) in [5.41, 5.74) is 8.73. The number of nitrogens with two attached hydrogens (primary N) is 1. The van der Waals surface area contributed by atoms with E-state index in [-0.39, 0.29) is 0 Å². The zero-order valence-electron chi connectivity index (χ0n) is 10.1. The van der Waals surface area contributed by atoms with Crippen LogP contribution in [-0.4, -0.2) is 40.8 Å². The van der Waals surface area contributed by atoms with Crippen LogP contribution in [0, 0.1) is 0 Å². The molecule has 0 aromatic carbocycles. The first-order chi connectivity index (χ1) is 8.58. The van der Waals surface area contributed by atoms with Gasteiger partial charge in [0.15, 0.2) is 5.84 Å². The number of nitrogens with zero attached hydrogens (tertiary/aromatic N) is 3. The van der Waals surface area contributed by atoms with E-state index in [2.05, 4.69) is 20.5 Å². The maximum Gasteiger partial charge on any atom is 0.332 e. The fraction of sp³-hybridized carbons (Fsp3) is 0.182. The number of primary amides is 1. The first-order valence-corrected chi connectivity index (χ1v) is 5.32. The van der Waals surface area contributed by atoms with Crippen molar-refractivity contribution < 1.29 is 4.79 Å². The van der Waals surface area contributed by atoms with Gasteiger partial charge in [0, 0.05) is 25.7 Å². The van der Waals surface area contributed by atoms with Crippen molar-refractivity contribution >= 4 is 22.9 Å². The summed E-state index contributed by atoms with van der Waals surface area (Å²) in [6, 6.07) is 5.00. The molecule has 94 valence electrons. The molecule has 0 aliphatic heterocycles. The fourth-order valence-corrected chi connectivity index (χ4v) is 1.59. The molecule has 0 fully saturated rings. The lowest BCUT2D eigenvalue weighted by Gasteiger charge is -2.13. The van der Waals surface area contributed by atoms with Crippen LogP contribution < -0.4 is 11.2 Å². The topological polar surface area (TPSA) is 99.4 Å².